The standard InChI is InChI=1S/C25H25FN4OS/c1-15(2)16-10-12-17(13-11-16)23-22-20(8-5-9-21(22)31)27-24-28-25(29-30(23)24)32-14-18-6-3-4-7-19(18)26/h3-4,6-7,10-13,15,23H,5,8-9,14H2,1-2H3,(H,27,28,29). The van der Waals surface area contributed by atoms with Crippen LogP contribution in [0.15, 0.2) is 65.0 Å². The van der Waals surface area contributed by atoms with E-state index in [1.807, 2.05) is 10.7 Å². The van der Waals surface area contributed by atoms with Crippen molar-refractivity contribution in [1.29, 1.82) is 0 Å². The summed E-state index contributed by atoms with van der Waals surface area (Å²) in [6.45, 7) is 4.33. The summed E-state index contributed by atoms with van der Waals surface area (Å²) >= 11 is 1.39. The van der Waals surface area contributed by atoms with Gasteiger partial charge in [-0.2, -0.15) is 4.98 Å². The average Bonchev–Trinajstić information content (AvgIpc) is 3.20. The first-order valence-electron chi connectivity index (χ1n) is 11.0. The van der Waals surface area contributed by atoms with E-state index in [-0.39, 0.29) is 17.6 Å². The molecule has 5 nitrogen and oxygen atoms in total. The fourth-order valence-corrected chi connectivity index (χ4v) is 5.14. The van der Waals surface area contributed by atoms with Crippen LogP contribution in [0.2, 0.25) is 0 Å². The highest BCUT2D eigenvalue weighted by Gasteiger charge is 2.36. The molecule has 0 saturated carbocycles. The molecule has 1 unspecified atom stereocenters. The lowest BCUT2D eigenvalue weighted by molar-refractivity contribution is -0.116. The van der Waals surface area contributed by atoms with E-state index in [0.29, 0.717) is 34.8 Å². The number of rotatable bonds is 5. The Morgan fingerprint density at radius 2 is 1.94 bits per heavy atom. The lowest BCUT2D eigenvalue weighted by Crippen LogP contribution is -2.31. The number of aromatic nitrogens is 3. The molecule has 7 heteroatoms. The number of nitrogens with one attached hydrogen (secondary N) is 1. The predicted molar refractivity (Wildman–Crippen MR) is 124 cm³/mol. The van der Waals surface area contributed by atoms with E-state index in [1.54, 1.807) is 12.1 Å². The number of halogens is 1. The molecular weight excluding hydrogens is 423 g/mol. The van der Waals surface area contributed by atoms with Crippen LogP contribution in [0.1, 0.15) is 61.8 Å². The molecule has 0 fully saturated rings. The molecule has 3 aromatic rings. The average molecular weight is 449 g/mol. The third-order valence-corrected chi connectivity index (χ3v) is 6.97. The molecule has 0 saturated heterocycles. The Bertz CT molecular complexity index is 1200. The lowest BCUT2D eigenvalue weighted by atomic mass is 9.85. The van der Waals surface area contributed by atoms with E-state index >= 15 is 0 Å². The molecule has 1 atom stereocenters. The Balaban J connectivity index is 1.50. The lowest BCUT2D eigenvalue weighted by Gasteiger charge is -2.32. The first-order chi connectivity index (χ1) is 15.5. The Kier molecular flexibility index (Phi) is 5.59. The highest BCUT2D eigenvalue weighted by atomic mass is 32.2. The molecule has 32 heavy (non-hydrogen) atoms. The highest BCUT2D eigenvalue weighted by molar-refractivity contribution is 7.98. The zero-order valence-electron chi connectivity index (χ0n) is 18.1. The Morgan fingerprint density at radius 1 is 1.16 bits per heavy atom. The van der Waals surface area contributed by atoms with Gasteiger partial charge in [-0.3, -0.25) is 4.79 Å². The zero-order chi connectivity index (χ0) is 22.2. The third-order valence-electron chi connectivity index (χ3n) is 6.08. The number of carbonyl (C=O) groups is 1. The molecule has 1 aromatic heterocycles. The number of carbonyl (C=O) groups excluding carboxylic acids is 1. The van der Waals surface area contributed by atoms with Crippen LogP contribution in [0.5, 0.6) is 0 Å². The molecule has 0 radical (unpaired) electrons. The van der Waals surface area contributed by atoms with Crippen molar-refractivity contribution in [2.45, 2.75) is 56.0 Å². The van der Waals surface area contributed by atoms with Crippen molar-refractivity contribution in [2.75, 3.05) is 5.32 Å². The molecule has 2 aliphatic rings. The van der Waals surface area contributed by atoms with Crippen LogP contribution in [0.4, 0.5) is 10.3 Å². The summed E-state index contributed by atoms with van der Waals surface area (Å²) in [4.78, 5) is 17.6. The van der Waals surface area contributed by atoms with Crippen molar-refractivity contribution < 1.29 is 9.18 Å². The molecule has 0 bridgehead atoms. The molecule has 1 aliphatic heterocycles. The van der Waals surface area contributed by atoms with Crippen molar-refractivity contribution in [3.05, 3.63) is 82.3 Å². The van der Waals surface area contributed by atoms with Crippen LogP contribution in [-0.4, -0.2) is 20.5 Å². The second kappa shape index (κ2) is 8.54. The Morgan fingerprint density at radius 3 is 2.69 bits per heavy atom. The summed E-state index contributed by atoms with van der Waals surface area (Å²) in [5, 5.41) is 8.64. The number of anilines is 1. The summed E-state index contributed by atoms with van der Waals surface area (Å²) in [6.07, 6.45) is 2.22. The van der Waals surface area contributed by atoms with Crippen molar-refractivity contribution in [1.82, 2.24) is 14.8 Å². The number of benzene rings is 2. The third kappa shape index (κ3) is 3.86. The Labute approximate surface area is 191 Å². The Hall–Kier alpha value is -2.93. The van der Waals surface area contributed by atoms with Crippen LogP contribution in [0.3, 0.4) is 0 Å². The van der Waals surface area contributed by atoms with Gasteiger partial charge >= 0.3 is 0 Å². The maximum absolute atomic E-state index is 14.0. The monoisotopic (exact) mass is 448 g/mol. The van der Waals surface area contributed by atoms with Gasteiger partial charge in [0.2, 0.25) is 11.1 Å². The summed E-state index contributed by atoms with van der Waals surface area (Å²) in [6, 6.07) is 14.9. The topological polar surface area (TPSA) is 59.8 Å². The van der Waals surface area contributed by atoms with Crippen LogP contribution >= 0.6 is 11.8 Å². The SMILES string of the molecule is CC(C)c1ccc(C2C3=C(CCCC3=O)Nc3nc(SCc4ccccc4F)nn32)cc1. The van der Waals surface area contributed by atoms with Gasteiger partial charge in [0, 0.05) is 23.4 Å². The number of nitrogens with zero attached hydrogens (tertiary/aromatic N) is 3. The molecule has 0 spiro atoms. The zero-order valence-corrected chi connectivity index (χ0v) is 19.0. The van der Waals surface area contributed by atoms with E-state index in [1.165, 1.54) is 23.4 Å². The van der Waals surface area contributed by atoms with E-state index in [2.05, 4.69) is 48.4 Å². The number of hydrogen-bond donors (Lipinski definition) is 1. The quantitative estimate of drug-likeness (QED) is 0.496. The molecule has 0 amide bonds. The minimum Gasteiger partial charge on any atom is -0.328 e. The largest absolute Gasteiger partial charge is 0.328 e. The minimum atomic E-state index is -0.300. The van der Waals surface area contributed by atoms with Gasteiger partial charge in [-0.25, -0.2) is 9.07 Å². The van der Waals surface area contributed by atoms with Crippen molar-refractivity contribution in [3.8, 4) is 0 Å². The van der Waals surface area contributed by atoms with E-state index in [9.17, 15) is 9.18 Å². The molecular formula is C25H25FN4OS. The number of allylic oxidation sites excluding steroid dienone is 2. The van der Waals surface area contributed by atoms with Gasteiger partial charge in [0.25, 0.3) is 0 Å². The van der Waals surface area contributed by atoms with Gasteiger partial charge in [0.1, 0.15) is 11.9 Å². The number of hydrogen-bond acceptors (Lipinski definition) is 5. The normalized spacial score (nSPS) is 17.9. The first kappa shape index (κ1) is 20.9. The molecule has 164 valence electrons. The van der Waals surface area contributed by atoms with Gasteiger partial charge in [0.05, 0.1) is 0 Å². The van der Waals surface area contributed by atoms with Gasteiger partial charge in [-0.1, -0.05) is 68.1 Å². The summed E-state index contributed by atoms with van der Waals surface area (Å²) in [7, 11) is 0. The van der Waals surface area contributed by atoms with E-state index in [0.717, 1.165) is 29.7 Å². The summed E-state index contributed by atoms with van der Waals surface area (Å²) in [5.41, 5.74) is 4.63. The summed E-state index contributed by atoms with van der Waals surface area (Å²) in [5.74, 6) is 1.45. The number of ketones is 1. The van der Waals surface area contributed by atoms with Crippen LogP contribution in [0, 0.1) is 5.82 Å². The van der Waals surface area contributed by atoms with Crippen LogP contribution in [0.25, 0.3) is 0 Å². The second-order valence-electron chi connectivity index (χ2n) is 8.56. The minimum absolute atomic E-state index is 0.165. The van der Waals surface area contributed by atoms with Crippen molar-refractivity contribution in [3.63, 3.8) is 0 Å². The van der Waals surface area contributed by atoms with Gasteiger partial charge in [0.15, 0.2) is 5.78 Å². The molecule has 5 rings (SSSR count). The van der Waals surface area contributed by atoms with Gasteiger partial charge < -0.3 is 5.32 Å². The molecule has 2 aromatic carbocycles. The number of fused-ring (bicyclic) bond motifs is 1. The van der Waals surface area contributed by atoms with Crippen molar-refractivity contribution >= 4 is 23.5 Å². The molecule has 1 aliphatic carbocycles. The van der Waals surface area contributed by atoms with Crippen molar-refractivity contribution in [2.24, 2.45) is 0 Å². The maximum atomic E-state index is 14.0. The smallest absolute Gasteiger partial charge is 0.227 e. The van der Waals surface area contributed by atoms with Crippen LogP contribution in [-0.2, 0) is 10.5 Å². The fraction of sp³-hybridized carbons (Fsp3) is 0.320. The molecule has 1 N–H and O–H groups in total. The summed E-state index contributed by atoms with van der Waals surface area (Å²) < 4.78 is 15.8. The number of thioether (sulfide) groups is 1. The van der Waals surface area contributed by atoms with E-state index in [4.69, 9.17) is 5.10 Å². The van der Waals surface area contributed by atoms with Gasteiger partial charge in [-0.05, 0) is 41.5 Å². The maximum Gasteiger partial charge on any atom is 0.227 e. The predicted octanol–water partition coefficient (Wildman–Crippen LogP) is 5.85. The fourth-order valence-electron chi connectivity index (χ4n) is 4.33. The van der Waals surface area contributed by atoms with Gasteiger partial charge in [-0.15, -0.1) is 5.10 Å². The highest BCUT2D eigenvalue weighted by Crippen LogP contribution is 2.41. The molecule has 2 heterocycles. The van der Waals surface area contributed by atoms with E-state index < -0.39 is 0 Å². The number of Topliss-reactive ketones (excluding diaryl/α,β-unsaturated/α-hetero) is 1. The first-order valence-corrected chi connectivity index (χ1v) is 12.0. The second-order valence-corrected chi connectivity index (χ2v) is 9.50. The van der Waals surface area contributed by atoms with Crippen LogP contribution < -0.4 is 5.32 Å².